The van der Waals surface area contributed by atoms with Gasteiger partial charge in [0.25, 0.3) is 5.91 Å². The first-order chi connectivity index (χ1) is 11.1. The lowest BCUT2D eigenvalue weighted by atomic mass is 10.2. The van der Waals surface area contributed by atoms with E-state index in [-0.39, 0.29) is 11.9 Å². The summed E-state index contributed by atoms with van der Waals surface area (Å²) >= 11 is 1.33. The number of carbonyl (C=O) groups excluding carboxylic acids is 1. The SMILES string of the molecule is Cc1ncsc1C(=O)N(C)C[C@@H]1C[C@H](F)CN1c1ccncn1. The fourth-order valence-corrected chi connectivity index (χ4v) is 3.64. The third kappa shape index (κ3) is 3.31. The summed E-state index contributed by atoms with van der Waals surface area (Å²) in [5, 5.41) is 0. The van der Waals surface area contributed by atoms with Crippen LogP contribution in [0.25, 0.3) is 0 Å². The fraction of sp³-hybridized carbons (Fsp3) is 0.467. The largest absolute Gasteiger partial charge is 0.349 e. The second kappa shape index (κ2) is 6.57. The highest BCUT2D eigenvalue weighted by atomic mass is 32.1. The molecular weight excluding hydrogens is 317 g/mol. The van der Waals surface area contributed by atoms with E-state index in [9.17, 15) is 9.18 Å². The Balaban J connectivity index is 1.73. The lowest BCUT2D eigenvalue weighted by Gasteiger charge is -2.29. The molecule has 0 aliphatic carbocycles. The van der Waals surface area contributed by atoms with E-state index in [1.54, 1.807) is 29.7 Å². The molecular formula is C15H18FN5OS. The minimum Gasteiger partial charge on any atom is -0.349 e. The fourth-order valence-electron chi connectivity index (χ4n) is 2.85. The van der Waals surface area contributed by atoms with E-state index >= 15 is 0 Å². The van der Waals surface area contributed by atoms with Crippen molar-refractivity contribution in [2.24, 2.45) is 0 Å². The van der Waals surface area contributed by atoms with Crippen LogP contribution in [0.3, 0.4) is 0 Å². The highest BCUT2D eigenvalue weighted by molar-refractivity contribution is 7.11. The average Bonchev–Trinajstić information content (AvgIpc) is 3.13. The lowest BCUT2D eigenvalue weighted by Crippen LogP contribution is -2.41. The van der Waals surface area contributed by atoms with Gasteiger partial charge in [-0.05, 0) is 13.0 Å². The van der Waals surface area contributed by atoms with Crippen molar-refractivity contribution in [3.63, 3.8) is 0 Å². The summed E-state index contributed by atoms with van der Waals surface area (Å²) in [6, 6.07) is 1.67. The summed E-state index contributed by atoms with van der Waals surface area (Å²) in [5.74, 6) is 0.620. The van der Waals surface area contributed by atoms with Crippen molar-refractivity contribution in [3.8, 4) is 0 Å². The minimum atomic E-state index is -0.913. The number of carbonyl (C=O) groups is 1. The van der Waals surface area contributed by atoms with Crippen LogP contribution < -0.4 is 4.90 Å². The molecule has 3 rings (SSSR count). The molecule has 0 bridgehead atoms. The van der Waals surface area contributed by atoms with Gasteiger partial charge >= 0.3 is 0 Å². The van der Waals surface area contributed by atoms with E-state index in [0.717, 1.165) is 5.69 Å². The molecule has 0 unspecified atom stereocenters. The zero-order valence-corrected chi connectivity index (χ0v) is 13.8. The predicted molar refractivity (Wildman–Crippen MR) is 86.5 cm³/mol. The second-order valence-electron chi connectivity index (χ2n) is 5.66. The first kappa shape index (κ1) is 15.8. The maximum absolute atomic E-state index is 13.9. The van der Waals surface area contributed by atoms with Crippen LogP contribution in [-0.4, -0.2) is 58.1 Å². The monoisotopic (exact) mass is 335 g/mol. The molecule has 0 radical (unpaired) electrons. The van der Waals surface area contributed by atoms with Crippen molar-refractivity contribution in [3.05, 3.63) is 34.7 Å². The summed E-state index contributed by atoms with van der Waals surface area (Å²) in [6.45, 7) is 2.56. The first-order valence-corrected chi connectivity index (χ1v) is 8.26. The van der Waals surface area contributed by atoms with Crippen LogP contribution in [0.2, 0.25) is 0 Å². The smallest absolute Gasteiger partial charge is 0.265 e. The van der Waals surface area contributed by atoms with Gasteiger partial charge < -0.3 is 9.80 Å². The zero-order chi connectivity index (χ0) is 16.4. The molecule has 0 aromatic carbocycles. The standard InChI is InChI=1S/C15H18FN5OS/c1-10-14(23-9-19-10)15(22)20(2)7-12-5-11(16)6-21(12)13-3-4-17-8-18-13/h3-4,8-9,11-12H,5-7H2,1-2H3/t11-,12-/m0/s1. The number of thiazole rings is 1. The van der Waals surface area contributed by atoms with Crippen LogP contribution in [0, 0.1) is 6.92 Å². The Bertz CT molecular complexity index is 680. The summed E-state index contributed by atoms with van der Waals surface area (Å²) in [5.41, 5.74) is 2.39. The van der Waals surface area contributed by atoms with Gasteiger partial charge in [-0.15, -0.1) is 11.3 Å². The van der Waals surface area contributed by atoms with Crippen molar-refractivity contribution >= 4 is 23.1 Å². The maximum Gasteiger partial charge on any atom is 0.265 e. The Hall–Kier alpha value is -2.09. The number of hydrogen-bond donors (Lipinski definition) is 0. The number of alkyl halides is 1. The van der Waals surface area contributed by atoms with E-state index in [2.05, 4.69) is 15.0 Å². The van der Waals surface area contributed by atoms with Gasteiger partial charge in [0.05, 0.1) is 23.8 Å². The highest BCUT2D eigenvalue weighted by Crippen LogP contribution is 2.26. The Labute approximate surface area is 138 Å². The van der Waals surface area contributed by atoms with Gasteiger partial charge in [0.2, 0.25) is 0 Å². The number of halogens is 1. The van der Waals surface area contributed by atoms with Crippen molar-refractivity contribution < 1.29 is 9.18 Å². The molecule has 23 heavy (non-hydrogen) atoms. The van der Waals surface area contributed by atoms with Gasteiger partial charge in [0.15, 0.2) is 0 Å². The van der Waals surface area contributed by atoms with Gasteiger partial charge in [-0.25, -0.2) is 19.3 Å². The van der Waals surface area contributed by atoms with Crippen LogP contribution >= 0.6 is 11.3 Å². The molecule has 2 atom stereocenters. The zero-order valence-electron chi connectivity index (χ0n) is 13.0. The highest BCUT2D eigenvalue weighted by Gasteiger charge is 2.34. The van der Waals surface area contributed by atoms with E-state index < -0.39 is 6.17 Å². The molecule has 6 nitrogen and oxygen atoms in total. The third-order valence-electron chi connectivity index (χ3n) is 4.00. The summed E-state index contributed by atoms with van der Waals surface area (Å²) in [6.07, 6.45) is 2.57. The number of nitrogens with zero attached hydrogens (tertiary/aromatic N) is 5. The van der Waals surface area contributed by atoms with Gasteiger partial charge in [-0.2, -0.15) is 0 Å². The normalized spacial score (nSPS) is 20.7. The molecule has 0 N–H and O–H groups in total. The maximum atomic E-state index is 13.9. The Kier molecular flexibility index (Phi) is 4.51. The molecule has 1 amide bonds. The molecule has 1 saturated heterocycles. The minimum absolute atomic E-state index is 0.0741. The quantitative estimate of drug-likeness (QED) is 0.854. The molecule has 122 valence electrons. The molecule has 1 fully saturated rings. The number of aryl methyl sites for hydroxylation is 1. The summed E-state index contributed by atoms with van der Waals surface area (Å²) in [4.78, 5) is 28.9. The number of likely N-dealkylation sites (N-methyl/N-ethyl adjacent to an activating group) is 1. The summed E-state index contributed by atoms with van der Waals surface area (Å²) in [7, 11) is 1.74. The van der Waals surface area contributed by atoms with Crippen molar-refractivity contribution in [1.29, 1.82) is 0 Å². The summed E-state index contributed by atoms with van der Waals surface area (Å²) < 4.78 is 13.9. The van der Waals surface area contributed by atoms with Crippen molar-refractivity contribution in [2.75, 3.05) is 25.0 Å². The lowest BCUT2D eigenvalue weighted by molar-refractivity contribution is 0.0789. The molecule has 2 aromatic rings. The Morgan fingerprint density at radius 1 is 1.52 bits per heavy atom. The molecule has 2 aromatic heterocycles. The van der Waals surface area contributed by atoms with Gasteiger partial charge in [0.1, 0.15) is 23.2 Å². The van der Waals surface area contributed by atoms with Crippen molar-refractivity contribution in [1.82, 2.24) is 19.9 Å². The number of anilines is 1. The number of hydrogen-bond acceptors (Lipinski definition) is 6. The number of aromatic nitrogens is 3. The first-order valence-electron chi connectivity index (χ1n) is 7.38. The van der Waals surface area contributed by atoms with E-state index in [0.29, 0.717) is 30.2 Å². The van der Waals surface area contributed by atoms with Gasteiger partial charge in [0, 0.05) is 26.2 Å². The van der Waals surface area contributed by atoms with Crippen LogP contribution in [-0.2, 0) is 0 Å². The molecule has 1 aliphatic rings. The Morgan fingerprint density at radius 2 is 2.35 bits per heavy atom. The van der Waals surface area contributed by atoms with Crippen LogP contribution in [0.15, 0.2) is 24.1 Å². The molecule has 3 heterocycles. The van der Waals surface area contributed by atoms with Crippen LogP contribution in [0.5, 0.6) is 0 Å². The topological polar surface area (TPSA) is 62.2 Å². The second-order valence-corrected chi connectivity index (χ2v) is 6.51. The van der Waals surface area contributed by atoms with E-state index in [1.807, 2.05) is 11.8 Å². The van der Waals surface area contributed by atoms with Crippen LogP contribution in [0.4, 0.5) is 10.2 Å². The number of amides is 1. The average molecular weight is 335 g/mol. The number of rotatable bonds is 4. The molecule has 8 heteroatoms. The van der Waals surface area contributed by atoms with E-state index in [4.69, 9.17) is 0 Å². The molecule has 0 spiro atoms. The molecule has 1 aliphatic heterocycles. The third-order valence-corrected chi connectivity index (χ3v) is 4.91. The Morgan fingerprint density at radius 3 is 3.00 bits per heavy atom. The van der Waals surface area contributed by atoms with Gasteiger partial charge in [-0.3, -0.25) is 4.79 Å². The van der Waals surface area contributed by atoms with Crippen molar-refractivity contribution in [2.45, 2.75) is 25.6 Å². The van der Waals surface area contributed by atoms with E-state index in [1.165, 1.54) is 17.7 Å². The predicted octanol–water partition coefficient (Wildman–Crippen LogP) is 1.93. The van der Waals surface area contributed by atoms with Gasteiger partial charge in [-0.1, -0.05) is 0 Å². The molecule has 0 saturated carbocycles. The van der Waals surface area contributed by atoms with Crippen LogP contribution in [0.1, 0.15) is 21.8 Å².